The van der Waals surface area contributed by atoms with E-state index in [1.807, 2.05) is 73.5 Å². The molecule has 0 saturated carbocycles. The Morgan fingerprint density at radius 2 is 1.85 bits per heavy atom. The molecule has 3 heterocycles. The van der Waals surface area contributed by atoms with Crippen LogP contribution >= 0.6 is 23.1 Å². The van der Waals surface area contributed by atoms with Gasteiger partial charge in [0.1, 0.15) is 5.69 Å². The van der Waals surface area contributed by atoms with Crippen molar-refractivity contribution in [3.8, 4) is 10.4 Å². The summed E-state index contributed by atoms with van der Waals surface area (Å²) in [5.41, 5.74) is 2.78. The van der Waals surface area contributed by atoms with Crippen LogP contribution in [0.2, 0.25) is 0 Å². The molecule has 1 N–H and O–H groups in total. The zero-order valence-corrected chi connectivity index (χ0v) is 19.9. The topological polar surface area (TPSA) is 80.1 Å². The van der Waals surface area contributed by atoms with Crippen molar-refractivity contribution in [1.29, 1.82) is 0 Å². The highest BCUT2D eigenvalue weighted by Gasteiger charge is 2.33. The van der Waals surface area contributed by atoms with E-state index >= 15 is 0 Å². The summed E-state index contributed by atoms with van der Waals surface area (Å²) in [5.74, 6) is 0.495. The highest BCUT2D eigenvalue weighted by molar-refractivity contribution is 8.00. The molecule has 9 heteroatoms. The van der Waals surface area contributed by atoms with Gasteiger partial charge in [-0.15, -0.1) is 23.1 Å². The summed E-state index contributed by atoms with van der Waals surface area (Å²) in [6.45, 7) is 2.90. The van der Waals surface area contributed by atoms with Crippen molar-refractivity contribution < 1.29 is 9.59 Å². The lowest BCUT2D eigenvalue weighted by atomic mass is 10.1. The summed E-state index contributed by atoms with van der Waals surface area (Å²) in [5, 5.41) is 8.90. The van der Waals surface area contributed by atoms with E-state index in [0.717, 1.165) is 32.1 Å². The van der Waals surface area contributed by atoms with Crippen molar-refractivity contribution in [1.82, 2.24) is 25.0 Å². The zero-order chi connectivity index (χ0) is 22.9. The first-order valence-electron chi connectivity index (χ1n) is 10.7. The summed E-state index contributed by atoms with van der Waals surface area (Å²) < 4.78 is 1.71. The number of rotatable bonds is 5. The Hall–Kier alpha value is -3.17. The highest BCUT2D eigenvalue weighted by Crippen LogP contribution is 2.33. The molecule has 1 fully saturated rings. The predicted octanol–water partition coefficient (Wildman–Crippen LogP) is 3.95. The number of carbonyl (C=O) groups is 2. The molecule has 4 aromatic rings. The van der Waals surface area contributed by atoms with Gasteiger partial charge < -0.3 is 10.2 Å². The maximum absolute atomic E-state index is 13.5. The predicted molar refractivity (Wildman–Crippen MR) is 133 cm³/mol. The molecule has 5 rings (SSSR count). The minimum atomic E-state index is -0.235. The Labute approximate surface area is 199 Å². The molecular weight excluding hydrogens is 454 g/mol. The molecular formula is C24H23N5O2S2. The average Bonchev–Trinajstić information content (AvgIpc) is 3.55. The SMILES string of the molecule is Cc1nc(C(=O)N2CCSC2CNC(=O)c2nn(C)c3ccccc23)c(-c2ccccc2)s1. The quantitative estimate of drug-likeness (QED) is 0.471. The summed E-state index contributed by atoms with van der Waals surface area (Å²) in [7, 11) is 1.83. The fourth-order valence-corrected chi connectivity index (χ4v) is 6.13. The summed E-state index contributed by atoms with van der Waals surface area (Å²) in [6.07, 6.45) is 0. The van der Waals surface area contributed by atoms with Crippen LogP contribution in [-0.4, -0.2) is 55.7 Å². The van der Waals surface area contributed by atoms with Crippen LogP contribution in [0.15, 0.2) is 54.6 Å². The third-order valence-electron chi connectivity index (χ3n) is 5.63. The van der Waals surface area contributed by atoms with Crippen molar-refractivity contribution in [3.63, 3.8) is 0 Å². The zero-order valence-electron chi connectivity index (χ0n) is 18.3. The second-order valence-corrected chi connectivity index (χ2v) is 10.3. The molecule has 1 aliphatic rings. The fraction of sp³-hybridized carbons (Fsp3) is 0.250. The van der Waals surface area contributed by atoms with Gasteiger partial charge in [-0.05, 0) is 18.6 Å². The fourth-order valence-electron chi connectivity index (χ4n) is 4.06. The molecule has 0 radical (unpaired) electrons. The summed E-state index contributed by atoms with van der Waals surface area (Å²) in [4.78, 5) is 33.7. The summed E-state index contributed by atoms with van der Waals surface area (Å²) >= 11 is 3.20. The van der Waals surface area contributed by atoms with Crippen molar-refractivity contribution in [3.05, 3.63) is 71.0 Å². The van der Waals surface area contributed by atoms with Gasteiger partial charge in [-0.25, -0.2) is 4.98 Å². The second-order valence-electron chi connectivity index (χ2n) is 7.80. The maximum Gasteiger partial charge on any atom is 0.274 e. The number of nitrogens with one attached hydrogen (secondary N) is 1. The Bertz CT molecular complexity index is 1330. The lowest BCUT2D eigenvalue weighted by molar-refractivity contribution is 0.0746. The maximum atomic E-state index is 13.5. The first kappa shape index (κ1) is 21.7. The molecule has 2 amide bonds. The number of thiazole rings is 1. The van der Waals surface area contributed by atoms with Crippen LogP contribution in [0.5, 0.6) is 0 Å². The molecule has 2 aromatic heterocycles. The van der Waals surface area contributed by atoms with E-state index in [-0.39, 0.29) is 17.2 Å². The molecule has 33 heavy (non-hydrogen) atoms. The number of thioether (sulfide) groups is 1. The molecule has 168 valence electrons. The van der Waals surface area contributed by atoms with E-state index in [1.165, 1.54) is 11.3 Å². The number of aryl methyl sites for hydroxylation is 2. The number of hydrogen-bond acceptors (Lipinski definition) is 6. The second kappa shape index (κ2) is 8.99. The Morgan fingerprint density at radius 1 is 1.09 bits per heavy atom. The van der Waals surface area contributed by atoms with Gasteiger partial charge in [-0.1, -0.05) is 48.5 Å². The van der Waals surface area contributed by atoms with E-state index in [2.05, 4.69) is 15.4 Å². The number of benzene rings is 2. The molecule has 2 aromatic carbocycles. The third kappa shape index (κ3) is 4.14. The normalized spacial score (nSPS) is 15.8. The Kier molecular flexibility index (Phi) is 5.90. The number of carbonyl (C=O) groups excluding carboxylic acids is 2. The van der Waals surface area contributed by atoms with Crippen LogP contribution in [0.25, 0.3) is 21.3 Å². The van der Waals surface area contributed by atoms with Crippen molar-refractivity contribution in [2.45, 2.75) is 12.3 Å². The van der Waals surface area contributed by atoms with Gasteiger partial charge >= 0.3 is 0 Å². The van der Waals surface area contributed by atoms with Gasteiger partial charge in [0.05, 0.1) is 20.8 Å². The van der Waals surface area contributed by atoms with Crippen LogP contribution in [-0.2, 0) is 7.05 Å². The molecule has 1 saturated heterocycles. The molecule has 0 aliphatic carbocycles. The van der Waals surface area contributed by atoms with Gasteiger partial charge in [0.25, 0.3) is 11.8 Å². The van der Waals surface area contributed by atoms with Crippen LogP contribution in [0.4, 0.5) is 0 Å². The molecule has 7 nitrogen and oxygen atoms in total. The lowest BCUT2D eigenvalue weighted by Gasteiger charge is -2.23. The Morgan fingerprint density at radius 3 is 2.67 bits per heavy atom. The molecule has 0 bridgehead atoms. The van der Waals surface area contributed by atoms with Crippen molar-refractivity contribution in [2.24, 2.45) is 7.05 Å². The van der Waals surface area contributed by atoms with Gasteiger partial charge in [0.15, 0.2) is 5.69 Å². The number of hydrogen-bond donors (Lipinski definition) is 1. The summed E-state index contributed by atoms with van der Waals surface area (Å²) in [6, 6.07) is 17.5. The number of aromatic nitrogens is 3. The molecule has 1 aliphatic heterocycles. The van der Waals surface area contributed by atoms with E-state index in [1.54, 1.807) is 16.4 Å². The van der Waals surface area contributed by atoms with Crippen molar-refractivity contribution in [2.75, 3.05) is 18.8 Å². The Balaban J connectivity index is 1.33. The van der Waals surface area contributed by atoms with Crippen LogP contribution in [0, 0.1) is 6.92 Å². The number of amides is 2. The molecule has 0 spiro atoms. The number of para-hydroxylation sites is 1. The van der Waals surface area contributed by atoms with Gasteiger partial charge in [-0.2, -0.15) is 5.10 Å². The van der Waals surface area contributed by atoms with Gasteiger partial charge in [0.2, 0.25) is 0 Å². The monoisotopic (exact) mass is 477 g/mol. The van der Waals surface area contributed by atoms with E-state index in [4.69, 9.17) is 0 Å². The first-order valence-corrected chi connectivity index (χ1v) is 12.5. The van der Waals surface area contributed by atoms with Crippen LogP contribution < -0.4 is 5.32 Å². The van der Waals surface area contributed by atoms with E-state index in [0.29, 0.717) is 24.5 Å². The van der Waals surface area contributed by atoms with Gasteiger partial charge in [-0.3, -0.25) is 14.3 Å². The lowest BCUT2D eigenvalue weighted by Crippen LogP contribution is -2.42. The molecule has 1 atom stereocenters. The highest BCUT2D eigenvalue weighted by atomic mass is 32.2. The van der Waals surface area contributed by atoms with E-state index in [9.17, 15) is 9.59 Å². The average molecular weight is 478 g/mol. The molecule has 1 unspecified atom stereocenters. The standard InChI is InChI=1S/C24H23N5O2S2/c1-15-26-21(22(33-15)16-8-4-3-5-9-16)24(31)29-12-13-32-19(29)14-25-23(30)20-17-10-6-7-11-18(17)28(2)27-20/h3-11,19H,12-14H2,1-2H3,(H,25,30). The number of nitrogens with zero attached hydrogens (tertiary/aromatic N) is 4. The van der Waals surface area contributed by atoms with E-state index < -0.39 is 0 Å². The minimum absolute atomic E-state index is 0.0919. The van der Waals surface area contributed by atoms with Crippen LogP contribution in [0.1, 0.15) is 26.0 Å². The third-order valence-corrected chi connectivity index (χ3v) is 7.88. The van der Waals surface area contributed by atoms with Crippen LogP contribution in [0.3, 0.4) is 0 Å². The smallest absolute Gasteiger partial charge is 0.274 e. The van der Waals surface area contributed by atoms with Crippen molar-refractivity contribution >= 4 is 45.8 Å². The first-order chi connectivity index (χ1) is 16.0. The van der Waals surface area contributed by atoms with Gasteiger partial charge in [0, 0.05) is 31.3 Å². The number of fused-ring (bicyclic) bond motifs is 1. The minimum Gasteiger partial charge on any atom is -0.348 e. The largest absolute Gasteiger partial charge is 0.348 e.